The zero-order valence-electron chi connectivity index (χ0n) is 11.3. The van der Waals surface area contributed by atoms with Crippen LogP contribution in [0.3, 0.4) is 0 Å². The summed E-state index contributed by atoms with van der Waals surface area (Å²) in [4.78, 5) is 6.43. The van der Waals surface area contributed by atoms with E-state index in [1.807, 2.05) is 29.6 Å². The zero-order chi connectivity index (χ0) is 13.7. The molecule has 0 unspecified atom stereocenters. The first-order valence-electron chi connectivity index (χ1n) is 6.24. The van der Waals surface area contributed by atoms with Crippen molar-refractivity contribution in [1.82, 2.24) is 9.88 Å². The highest BCUT2D eigenvalue weighted by atomic mass is 32.1. The number of ether oxygens (including phenoxy) is 1. The van der Waals surface area contributed by atoms with Crippen LogP contribution in [-0.4, -0.2) is 37.1 Å². The molecule has 0 saturated carbocycles. The summed E-state index contributed by atoms with van der Waals surface area (Å²) in [6.45, 7) is 1.75. The Bertz CT molecular complexity index is 525. The number of nitrogens with two attached hydrogens (primary N) is 1. The fourth-order valence-corrected chi connectivity index (χ4v) is 2.31. The molecule has 1 aromatic carbocycles. The van der Waals surface area contributed by atoms with Gasteiger partial charge in [-0.05, 0) is 32.6 Å². The summed E-state index contributed by atoms with van der Waals surface area (Å²) in [6, 6.07) is 7.96. The second kappa shape index (κ2) is 6.54. The van der Waals surface area contributed by atoms with E-state index in [4.69, 9.17) is 10.5 Å². The molecule has 102 valence electrons. The topological polar surface area (TPSA) is 51.4 Å². The van der Waals surface area contributed by atoms with E-state index in [1.165, 1.54) is 11.3 Å². The van der Waals surface area contributed by atoms with Gasteiger partial charge in [0, 0.05) is 17.5 Å². The van der Waals surface area contributed by atoms with Crippen molar-refractivity contribution in [3.05, 3.63) is 29.6 Å². The summed E-state index contributed by atoms with van der Waals surface area (Å²) in [7, 11) is 4.13. The summed E-state index contributed by atoms with van der Waals surface area (Å²) in [5, 5.41) is 2.55. The van der Waals surface area contributed by atoms with E-state index in [0.717, 1.165) is 36.6 Å². The van der Waals surface area contributed by atoms with Gasteiger partial charge in [-0.3, -0.25) is 0 Å². The van der Waals surface area contributed by atoms with Gasteiger partial charge in [0.1, 0.15) is 5.75 Å². The quantitative estimate of drug-likeness (QED) is 0.825. The van der Waals surface area contributed by atoms with Crippen molar-refractivity contribution in [3.63, 3.8) is 0 Å². The van der Waals surface area contributed by atoms with Crippen LogP contribution in [0.4, 0.5) is 5.13 Å². The molecule has 0 amide bonds. The Kier molecular flexibility index (Phi) is 4.76. The fourth-order valence-electron chi connectivity index (χ4n) is 1.74. The average molecular weight is 277 g/mol. The lowest BCUT2D eigenvalue weighted by atomic mass is 10.2. The minimum atomic E-state index is 0.590. The second-order valence-corrected chi connectivity index (χ2v) is 5.49. The van der Waals surface area contributed by atoms with Crippen LogP contribution in [0.1, 0.15) is 6.42 Å². The fraction of sp³-hybridized carbons (Fsp3) is 0.357. The average Bonchev–Trinajstić information content (AvgIpc) is 2.82. The van der Waals surface area contributed by atoms with Crippen molar-refractivity contribution in [1.29, 1.82) is 0 Å². The Hall–Kier alpha value is -1.59. The molecule has 0 atom stereocenters. The second-order valence-electron chi connectivity index (χ2n) is 4.60. The summed E-state index contributed by atoms with van der Waals surface area (Å²) >= 11 is 1.45. The van der Waals surface area contributed by atoms with Gasteiger partial charge in [0.25, 0.3) is 0 Å². The van der Waals surface area contributed by atoms with Crippen LogP contribution in [0, 0.1) is 0 Å². The van der Waals surface area contributed by atoms with E-state index in [1.54, 1.807) is 0 Å². The molecule has 0 spiro atoms. The number of anilines is 1. The van der Waals surface area contributed by atoms with Crippen LogP contribution in [-0.2, 0) is 0 Å². The molecule has 0 bridgehead atoms. The molecule has 4 nitrogen and oxygen atoms in total. The highest BCUT2D eigenvalue weighted by Crippen LogP contribution is 2.26. The maximum atomic E-state index is 5.74. The number of hydrogen-bond acceptors (Lipinski definition) is 5. The molecule has 5 heteroatoms. The molecule has 1 heterocycles. The Balaban J connectivity index is 1.96. The highest BCUT2D eigenvalue weighted by molar-refractivity contribution is 7.13. The third kappa shape index (κ3) is 4.22. The SMILES string of the molecule is CN(C)CCCOc1cccc(-c2csc(N)n2)c1. The summed E-state index contributed by atoms with van der Waals surface area (Å²) in [5.74, 6) is 0.878. The van der Waals surface area contributed by atoms with Crippen LogP contribution >= 0.6 is 11.3 Å². The van der Waals surface area contributed by atoms with Crippen molar-refractivity contribution in [2.45, 2.75) is 6.42 Å². The molecule has 0 aliphatic carbocycles. The molecule has 1 aromatic heterocycles. The van der Waals surface area contributed by atoms with E-state index in [0.29, 0.717) is 5.13 Å². The first kappa shape index (κ1) is 13.8. The predicted octanol–water partition coefficient (Wildman–Crippen LogP) is 2.72. The molecule has 0 aliphatic heterocycles. The molecule has 0 fully saturated rings. The van der Waals surface area contributed by atoms with Gasteiger partial charge in [0.15, 0.2) is 5.13 Å². The van der Waals surface area contributed by atoms with E-state index in [2.05, 4.69) is 24.0 Å². The third-order valence-electron chi connectivity index (χ3n) is 2.67. The van der Waals surface area contributed by atoms with Crippen molar-refractivity contribution in [2.75, 3.05) is 33.0 Å². The van der Waals surface area contributed by atoms with E-state index in [9.17, 15) is 0 Å². The van der Waals surface area contributed by atoms with E-state index >= 15 is 0 Å². The summed E-state index contributed by atoms with van der Waals surface area (Å²) in [5.41, 5.74) is 7.60. The van der Waals surface area contributed by atoms with Gasteiger partial charge in [0.05, 0.1) is 12.3 Å². The molecule has 2 rings (SSSR count). The molecule has 2 aromatic rings. The van der Waals surface area contributed by atoms with Gasteiger partial charge in [-0.15, -0.1) is 11.3 Å². The first-order valence-corrected chi connectivity index (χ1v) is 7.12. The maximum Gasteiger partial charge on any atom is 0.180 e. The number of rotatable bonds is 6. The van der Waals surface area contributed by atoms with Crippen LogP contribution in [0.5, 0.6) is 5.75 Å². The summed E-state index contributed by atoms with van der Waals surface area (Å²) < 4.78 is 5.74. The van der Waals surface area contributed by atoms with E-state index in [-0.39, 0.29) is 0 Å². The van der Waals surface area contributed by atoms with Crippen LogP contribution in [0.2, 0.25) is 0 Å². The van der Waals surface area contributed by atoms with Crippen molar-refractivity contribution < 1.29 is 4.74 Å². The lowest BCUT2D eigenvalue weighted by Gasteiger charge is -2.10. The molecule has 19 heavy (non-hydrogen) atoms. The van der Waals surface area contributed by atoms with Gasteiger partial charge < -0.3 is 15.4 Å². The van der Waals surface area contributed by atoms with Crippen LogP contribution in [0.25, 0.3) is 11.3 Å². The predicted molar refractivity (Wildman–Crippen MR) is 80.6 cm³/mol. The van der Waals surface area contributed by atoms with Crippen LogP contribution in [0.15, 0.2) is 29.6 Å². The molecular formula is C14H19N3OS. The molecule has 0 aliphatic rings. The number of nitrogen functional groups attached to an aromatic ring is 1. The minimum absolute atomic E-state index is 0.590. The molecule has 0 radical (unpaired) electrons. The van der Waals surface area contributed by atoms with Gasteiger partial charge in [0.2, 0.25) is 0 Å². The Morgan fingerprint density at radius 3 is 2.89 bits per heavy atom. The Morgan fingerprint density at radius 2 is 2.21 bits per heavy atom. The van der Waals surface area contributed by atoms with Gasteiger partial charge in [-0.1, -0.05) is 12.1 Å². The monoisotopic (exact) mass is 277 g/mol. The normalized spacial score (nSPS) is 10.9. The third-order valence-corrected chi connectivity index (χ3v) is 3.34. The first-order chi connectivity index (χ1) is 9.15. The number of hydrogen-bond donors (Lipinski definition) is 1. The zero-order valence-corrected chi connectivity index (χ0v) is 12.1. The van der Waals surface area contributed by atoms with Gasteiger partial charge in [-0.25, -0.2) is 4.98 Å². The lowest BCUT2D eigenvalue weighted by molar-refractivity contribution is 0.281. The van der Waals surface area contributed by atoms with Crippen molar-refractivity contribution in [2.24, 2.45) is 0 Å². The highest BCUT2D eigenvalue weighted by Gasteiger charge is 2.04. The van der Waals surface area contributed by atoms with Gasteiger partial charge in [-0.2, -0.15) is 0 Å². The number of benzene rings is 1. The minimum Gasteiger partial charge on any atom is -0.494 e. The standard InChI is InChI=1S/C14H19N3OS/c1-17(2)7-4-8-18-12-6-3-5-11(9-12)13-10-19-14(15)16-13/h3,5-6,9-10H,4,7-8H2,1-2H3,(H2,15,16). The van der Waals surface area contributed by atoms with Crippen LogP contribution < -0.4 is 10.5 Å². The summed E-state index contributed by atoms with van der Waals surface area (Å²) in [6.07, 6.45) is 1.01. The smallest absolute Gasteiger partial charge is 0.180 e. The lowest BCUT2D eigenvalue weighted by Crippen LogP contribution is -2.15. The molecular weight excluding hydrogens is 258 g/mol. The number of aromatic nitrogens is 1. The molecule has 0 saturated heterocycles. The molecule has 2 N–H and O–H groups in total. The number of thiazole rings is 1. The number of nitrogens with zero attached hydrogens (tertiary/aromatic N) is 2. The van der Waals surface area contributed by atoms with E-state index < -0.39 is 0 Å². The van der Waals surface area contributed by atoms with Crippen molar-refractivity contribution in [3.8, 4) is 17.0 Å². The van der Waals surface area contributed by atoms with Gasteiger partial charge >= 0.3 is 0 Å². The van der Waals surface area contributed by atoms with Crippen molar-refractivity contribution >= 4 is 16.5 Å². The maximum absolute atomic E-state index is 5.74. The Labute approximate surface area is 117 Å². The Morgan fingerprint density at radius 1 is 1.37 bits per heavy atom. The largest absolute Gasteiger partial charge is 0.494 e.